The van der Waals surface area contributed by atoms with Crippen molar-refractivity contribution in [3.63, 3.8) is 0 Å². The van der Waals surface area contributed by atoms with Crippen molar-refractivity contribution in [2.75, 3.05) is 31.7 Å². The number of nitrogens with zero attached hydrogens (tertiary/aromatic N) is 2. The molecule has 0 aliphatic carbocycles. The van der Waals surface area contributed by atoms with Crippen LogP contribution in [0.5, 0.6) is 0 Å². The molecule has 144 valence electrons. The van der Waals surface area contributed by atoms with Gasteiger partial charge in [-0.3, -0.25) is 10.1 Å². The first-order chi connectivity index (χ1) is 12.1. The molecule has 0 saturated heterocycles. The van der Waals surface area contributed by atoms with E-state index in [1.807, 2.05) is 4.90 Å². The predicted molar refractivity (Wildman–Crippen MR) is 102 cm³/mol. The van der Waals surface area contributed by atoms with Crippen LogP contribution in [0, 0.1) is 22.0 Å². The van der Waals surface area contributed by atoms with Gasteiger partial charge in [-0.05, 0) is 29.0 Å². The minimum atomic E-state index is -1.12. The van der Waals surface area contributed by atoms with E-state index in [9.17, 15) is 14.9 Å². The van der Waals surface area contributed by atoms with Gasteiger partial charge in [0, 0.05) is 32.3 Å². The van der Waals surface area contributed by atoms with E-state index in [2.05, 4.69) is 27.7 Å². The smallest absolute Gasteiger partial charge is 0.328 e. The minimum Gasteiger partial charge on any atom is -0.478 e. The molecule has 0 heterocycles. The molecule has 7 heteroatoms. The first kappa shape index (κ1) is 21.6. The standard InChI is InChI=1S/C19H28N2O5/c1-13(2)10-20(11-14(3)4)17-7-6-15(8-18(17)21(24)25)16(12-26-5)9-19(22)23/h6-9,13-14H,10-12H2,1-5H3,(H,22,23). The number of hydrogen-bond donors (Lipinski definition) is 1. The average Bonchev–Trinajstić information content (AvgIpc) is 2.52. The molecule has 0 aromatic heterocycles. The molecule has 26 heavy (non-hydrogen) atoms. The van der Waals surface area contributed by atoms with Crippen molar-refractivity contribution < 1.29 is 19.6 Å². The molecule has 1 N–H and O–H groups in total. The number of anilines is 1. The normalized spacial score (nSPS) is 11.9. The zero-order chi connectivity index (χ0) is 19.9. The summed E-state index contributed by atoms with van der Waals surface area (Å²) in [6.07, 6.45) is 1.02. The van der Waals surface area contributed by atoms with Gasteiger partial charge in [-0.25, -0.2) is 4.79 Å². The first-order valence-corrected chi connectivity index (χ1v) is 8.61. The van der Waals surface area contributed by atoms with Crippen LogP contribution in [0.4, 0.5) is 11.4 Å². The number of aliphatic carboxylic acids is 1. The van der Waals surface area contributed by atoms with Crippen LogP contribution in [0.1, 0.15) is 33.3 Å². The predicted octanol–water partition coefficient (Wildman–Crippen LogP) is 3.83. The fourth-order valence-corrected chi connectivity index (χ4v) is 2.80. The molecule has 0 saturated carbocycles. The van der Waals surface area contributed by atoms with E-state index in [4.69, 9.17) is 9.84 Å². The highest BCUT2D eigenvalue weighted by atomic mass is 16.6. The zero-order valence-electron chi connectivity index (χ0n) is 16.1. The lowest BCUT2D eigenvalue weighted by Gasteiger charge is -2.28. The molecule has 0 spiro atoms. The van der Waals surface area contributed by atoms with Crippen LogP contribution in [0.3, 0.4) is 0 Å². The number of carboxylic acid groups (broad SMARTS) is 1. The van der Waals surface area contributed by atoms with Crippen molar-refractivity contribution in [2.24, 2.45) is 11.8 Å². The molecule has 0 aliphatic heterocycles. The van der Waals surface area contributed by atoms with Gasteiger partial charge in [-0.1, -0.05) is 33.8 Å². The van der Waals surface area contributed by atoms with E-state index in [1.54, 1.807) is 12.1 Å². The fourth-order valence-electron chi connectivity index (χ4n) is 2.80. The maximum Gasteiger partial charge on any atom is 0.328 e. The molecule has 0 atom stereocenters. The van der Waals surface area contributed by atoms with Gasteiger partial charge in [-0.15, -0.1) is 0 Å². The van der Waals surface area contributed by atoms with E-state index in [0.29, 0.717) is 41.7 Å². The quantitative estimate of drug-likeness (QED) is 0.385. The molecule has 0 amide bonds. The fraction of sp³-hybridized carbons (Fsp3) is 0.526. The van der Waals surface area contributed by atoms with Crippen molar-refractivity contribution in [1.82, 2.24) is 0 Å². The van der Waals surface area contributed by atoms with Gasteiger partial charge < -0.3 is 14.7 Å². The largest absolute Gasteiger partial charge is 0.478 e. The van der Waals surface area contributed by atoms with Crippen molar-refractivity contribution in [3.05, 3.63) is 40.0 Å². The Morgan fingerprint density at radius 1 is 1.27 bits per heavy atom. The molecule has 0 unspecified atom stereocenters. The van der Waals surface area contributed by atoms with Crippen molar-refractivity contribution in [1.29, 1.82) is 0 Å². The van der Waals surface area contributed by atoms with Gasteiger partial charge in [-0.2, -0.15) is 0 Å². The van der Waals surface area contributed by atoms with Crippen molar-refractivity contribution in [2.45, 2.75) is 27.7 Å². The highest BCUT2D eigenvalue weighted by molar-refractivity contribution is 5.91. The Bertz CT molecular complexity index is 658. The summed E-state index contributed by atoms with van der Waals surface area (Å²) in [5.74, 6) is -0.419. The summed E-state index contributed by atoms with van der Waals surface area (Å²) < 4.78 is 5.03. The third-order valence-corrected chi connectivity index (χ3v) is 3.65. The van der Waals surface area contributed by atoms with Crippen LogP contribution in [0.25, 0.3) is 5.57 Å². The van der Waals surface area contributed by atoms with Crippen LogP contribution in [-0.4, -0.2) is 42.8 Å². The Labute approximate surface area is 154 Å². The summed E-state index contributed by atoms with van der Waals surface area (Å²) in [5.41, 5.74) is 1.37. The van der Waals surface area contributed by atoms with Crippen LogP contribution in [-0.2, 0) is 9.53 Å². The number of benzene rings is 1. The Morgan fingerprint density at radius 2 is 1.85 bits per heavy atom. The topological polar surface area (TPSA) is 92.9 Å². The maximum atomic E-state index is 11.7. The Kier molecular flexibility index (Phi) is 8.25. The number of nitro groups is 1. The first-order valence-electron chi connectivity index (χ1n) is 8.61. The van der Waals surface area contributed by atoms with Crippen molar-refractivity contribution >= 4 is 22.9 Å². The zero-order valence-corrected chi connectivity index (χ0v) is 16.1. The lowest BCUT2D eigenvalue weighted by molar-refractivity contribution is -0.384. The van der Waals surface area contributed by atoms with Gasteiger partial charge >= 0.3 is 5.97 Å². The van der Waals surface area contributed by atoms with Crippen molar-refractivity contribution in [3.8, 4) is 0 Å². The molecule has 7 nitrogen and oxygen atoms in total. The minimum absolute atomic E-state index is 0.0313. The van der Waals surface area contributed by atoms with Gasteiger partial charge in [0.15, 0.2) is 0 Å². The summed E-state index contributed by atoms with van der Waals surface area (Å²) in [7, 11) is 1.45. The highest BCUT2D eigenvalue weighted by Crippen LogP contribution is 2.32. The summed E-state index contributed by atoms with van der Waals surface area (Å²) >= 11 is 0. The average molecular weight is 364 g/mol. The Morgan fingerprint density at radius 3 is 2.27 bits per heavy atom. The van der Waals surface area contributed by atoms with E-state index < -0.39 is 10.9 Å². The van der Waals surface area contributed by atoms with Crippen LogP contribution in [0.15, 0.2) is 24.3 Å². The third-order valence-electron chi connectivity index (χ3n) is 3.65. The lowest BCUT2D eigenvalue weighted by Crippen LogP contribution is -2.31. The van der Waals surface area contributed by atoms with Crippen LogP contribution in [0.2, 0.25) is 0 Å². The number of ether oxygens (including phenoxy) is 1. The molecule has 1 aromatic rings. The highest BCUT2D eigenvalue weighted by Gasteiger charge is 2.22. The van der Waals surface area contributed by atoms with E-state index in [-0.39, 0.29) is 12.3 Å². The molecule has 1 aromatic carbocycles. The molecular weight excluding hydrogens is 336 g/mol. The Hall–Kier alpha value is -2.41. The maximum absolute atomic E-state index is 11.7. The Balaban J connectivity index is 3.42. The summed E-state index contributed by atoms with van der Waals surface area (Å²) in [6.45, 7) is 9.74. The molecule has 0 bridgehead atoms. The van der Waals surface area contributed by atoms with Gasteiger partial charge in [0.05, 0.1) is 11.5 Å². The number of carboxylic acids is 1. The second-order valence-corrected chi connectivity index (χ2v) is 7.09. The van der Waals surface area contributed by atoms with Gasteiger partial charge in [0.25, 0.3) is 5.69 Å². The van der Waals surface area contributed by atoms with Crippen LogP contribution >= 0.6 is 0 Å². The van der Waals surface area contributed by atoms with E-state index in [1.165, 1.54) is 13.2 Å². The molecule has 1 rings (SSSR count). The number of carbonyl (C=O) groups is 1. The number of nitro benzene ring substituents is 1. The third kappa shape index (κ3) is 6.48. The number of methoxy groups -OCH3 is 1. The van der Waals surface area contributed by atoms with Gasteiger partial charge in [0.1, 0.15) is 5.69 Å². The van der Waals surface area contributed by atoms with Crippen LogP contribution < -0.4 is 4.90 Å². The monoisotopic (exact) mass is 364 g/mol. The van der Waals surface area contributed by atoms with E-state index in [0.717, 1.165) is 6.08 Å². The second kappa shape index (κ2) is 9.91. The molecule has 0 aliphatic rings. The summed E-state index contributed by atoms with van der Waals surface area (Å²) in [6, 6.07) is 4.84. The summed E-state index contributed by atoms with van der Waals surface area (Å²) in [4.78, 5) is 24.3. The molecule has 0 fully saturated rings. The SMILES string of the molecule is COCC(=CC(=O)O)c1ccc(N(CC(C)C)CC(C)C)c([N+](=O)[O-])c1. The van der Waals surface area contributed by atoms with Gasteiger partial charge in [0.2, 0.25) is 0 Å². The second-order valence-electron chi connectivity index (χ2n) is 7.09. The molecular formula is C19H28N2O5. The lowest BCUT2D eigenvalue weighted by atomic mass is 10.0. The number of hydrogen-bond acceptors (Lipinski definition) is 5. The van der Waals surface area contributed by atoms with E-state index >= 15 is 0 Å². The summed E-state index contributed by atoms with van der Waals surface area (Å²) in [5, 5.41) is 20.7. The molecule has 0 radical (unpaired) electrons. The number of rotatable bonds is 10.